The molecule has 20 nitrogen and oxygen atoms in total. The maximum Gasteiger partial charge on any atom is 0.573 e. The Labute approximate surface area is 808 Å². The molecule has 2 heterocycles. The number of H-pyrrole nitrogens is 1. The number of urea groups is 2. The van der Waals surface area contributed by atoms with Crippen LogP contribution in [-0.2, 0) is 77.7 Å². The average Bonchev–Trinajstić information content (AvgIpc) is 0.868. The normalized spacial score (nSPS) is 13.0. The highest BCUT2D eigenvalue weighted by Crippen LogP contribution is 2.46. The molecule has 3 atom stereocenters. The van der Waals surface area contributed by atoms with Crippen molar-refractivity contribution in [2.45, 2.75) is 124 Å². The monoisotopic (exact) mass is 2060 g/mol. The molecule has 0 fully saturated rings. The molecule has 0 bridgehead atoms. The second-order valence-corrected chi connectivity index (χ2v) is 32.7. The molecule has 13 rings (SSSR count). The van der Waals surface area contributed by atoms with Crippen LogP contribution in [0.3, 0.4) is 0 Å². The Kier molecular flexibility index (Phi) is 35.1. The zero-order valence-corrected chi connectivity index (χ0v) is 76.0. The molecular weight excluding hydrogens is 1970 g/mol. The number of halogens is 25. The molecule has 45 heteroatoms. The van der Waals surface area contributed by atoms with Gasteiger partial charge >= 0.3 is 68.2 Å². The van der Waals surface area contributed by atoms with Gasteiger partial charge in [-0.1, -0.05) is 159 Å². The van der Waals surface area contributed by atoms with Crippen molar-refractivity contribution < 1.29 is 153 Å². The number of hydrogen-bond donors (Lipinski definition) is 6. The molecule has 0 radical (unpaired) electrons. The fraction of sp³-hybridized carbons (Fsp3) is 0.250. The van der Waals surface area contributed by atoms with Crippen LogP contribution in [0.5, 0.6) is 23.0 Å². The van der Waals surface area contributed by atoms with Gasteiger partial charge in [0.1, 0.15) is 58.1 Å². The van der Waals surface area contributed by atoms with Gasteiger partial charge in [-0.15, -0.1) is 31.4 Å². The summed E-state index contributed by atoms with van der Waals surface area (Å²) in [5, 5.41) is 25.3. The molecule has 0 aliphatic heterocycles. The first-order valence-electron chi connectivity index (χ1n) is 43.1. The standard InChI is InChI=1S/C35H25F13N2O2.C35H29F6N3O5.C30H30F6N6O2/c1-18(50(2)3)20-6-4-19(5-7-20)17-32(22-9-11-29(38)27(15-22)34(44,45)46,23-13-24(36)16-25(14-23)52-35(47,48)31(39)40)49-30(51)21-8-10-28(37)26(12-21)33(41,42)43;1-47-31(45)30(17-23-21-42-29-16-6-5-15-28(23)29)43-32(46)44-33(20-22-9-3-2-4-10-22,24-11-7-13-26(18-24)48-34(36,37)38)25-12-8-14-27(19-25)49-35(39,40)41;1-42-26(39-40-41-42)10-6-3-7-15-37-28(43)38-29(19-20-8-4-2-5-9-20,21-11-13-23(31)14-12-21)22-16-24(32)18-25(17-22)44-30(35,36)27(33)34/h4-16,31H,1,17H2,2-3H3,(H,49,51);2-16,18-19,21,30,42H,17,20H2,1H3,(H2,43,44,46);2,4-5,8-9,11-14,16-18,27H,3,6-7,10,15,19H2,1H3,(H2,37,38,43)/t32-;30-;29-/m111/s1. The number of nitrogens with zero attached hydrogens (tertiary/aromatic N) is 5. The third-order valence-corrected chi connectivity index (χ3v) is 22.4. The summed E-state index contributed by atoms with van der Waals surface area (Å²) in [6, 6.07) is 47.3. The molecule has 0 aliphatic carbocycles. The second-order valence-electron chi connectivity index (χ2n) is 32.7. The number of esters is 1. The lowest BCUT2D eigenvalue weighted by molar-refractivity contribution is -0.275. The van der Waals surface area contributed by atoms with Gasteiger partial charge in [-0.3, -0.25) is 4.79 Å². The van der Waals surface area contributed by atoms with Crippen molar-refractivity contribution in [3.8, 4) is 23.0 Å². The van der Waals surface area contributed by atoms with Gasteiger partial charge in [0.15, 0.2) is 5.82 Å². The second kappa shape index (κ2) is 46.3. The smallest absolute Gasteiger partial charge is 0.467 e. The number of para-hydroxylation sites is 1. The summed E-state index contributed by atoms with van der Waals surface area (Å²) >= 11 is 0. The molecule has 145 heavy (non-hydrogen) atoms. The van der Waals surface area contributed by atoms with E-state index in [0.29, 0.717) is 77.2 Å². The van der Waals surface area contributed by atoms with E-state index in [2.05, 4.69) is 72.6 Å². The number of rotatable bonds is 36. The molecule has 6 N–H and O–H groups in total. The first kappa shape index (κ1) is 110. The van der Waals surface area contributed by atoms with E-state index in [1.165, 1.54) is 60.7 Å². The topological polar surface area (TPSA) is 237 Å². The van der Waals surface area contributed by atoms with Crippen LogP contribution in [0.2, 0.25) is 0 Å². The number of ether oxygens (including phenoxy) is 5. The Hall–Kier alpha value is -15.5. The lowest BCUT2D eigenvalue weighted by Gasteiger charge is -2.37. The summed E-state index contributed by atoms with van der Waals surface area (Å²) in [5.74, 6) is -11.9. The van der Waals surface area contributed by atoms with Gasteiger partial charge in [0, 0.05) is 100 Å². The maximum absolute atomic E-state index is 15.2. The summed E-state index contributed by atoms with van der Waals surface area (Å²) < 4.78 is 366. The number of hydrogen-bond acceptors (Lipinski definition) is 13. The Morgan fingerprint density at radius 2 is 0.903 bits per heavy atom. The lowest BCUT2D eigenvalue weighted by Crippen LogP contribution is -2.55. The van der Waals surface area contributed by atoms with Crippen LogP contribution in [0.25, 0.3) is 16.6 Å². The zero-order chi connectivity index (χ0) is 106. The van der Waals surface area contributed by atoms with Crippen molar-refractivity contribution in [1.82, 2.24) is 56.7 Å². The number of amides is 5. The van der Waals surface area contributed by atoms with E-state index in [9.17, 15) is 125 Å². The Balaban J connectivity index is 0.000000208. The zero-order valence-electron chi connectivity index (χ0n) is 76.0. The number of alkyl halides is 20. The van der Waals surface area contributed by atoms with Crippen molar-refractivity contribution in [2.24, 2.45) is 7.05 Å². The van der Waals surface area contributed by atoms with Crippen molar-refractivity contribution in [3.05, 3.63) is 380 Å². The van der Waals surface area contributed by atoms with Crippen LogP contribution >= 0.6 is 0 Å². The Morgan fingerprint density at radius 1 is 0.448 bits per heavy atom. The van der Waals surface area contributed by atoms with Gasteiger partial charge in [0.2, 0.25) is 0 Å². The van der Waals surface area contributed by atoms with Crippen molar-refractivity contribution in [3.63, 3.8) is 0 Å². The highest BCUT2D eigenvalue weighted by atomic mass is 19.4. The summed E-state index contributed by atoms with van der Waals surface area (Å²) in [7, 11) is 6.19. The quantitative estimate of drug-likeness (QED) is 0.0122. The predicted molar refractivity (Wildman–Crippen MR) is 477 cm³/mol. The molecule has 2 aromatic heterocycles. The van der Waals surface area contributed by atoms with E-state index in [1.54, 1.807) is 104 Å². The van der Waals surface area contributed by atoms with Crippen LogP contribution in [0.4, 0.5) is 119 Å². The van der Waals surface area contributed by atoms with Gasteiger partial charge in [0.25, 0.3) is 5.91 Å². The SMILES string of the molecule is C=C(c1ccc(C[C@](NC(=O)c2ccc(F)c(C(F)(F)F)c2)(c2cc(F)cc(OC(F)(F)C(F)F)c2)c2ccc(F)c(C(F)(F)F)c2)cc1)N(C)C.COC(=O)[C@@H](Cc1c[nH]c2ccccc12)NC(=O)NC(Cc1ccccc1)(c1cccc(OC(F)(F)F)c1)c1cccc(OC(F)(F)F)c1.Cn1nnnc1CCCCCNC(=O)N[C@](Cc1ccccc1)(c1ccc(F)cc1)c1cc(F)cc(OC(F)(F)C(F)F)c1. The van der Waals surface area contributed by atoms with Gasteiger partial charge < -0.3 is 60.2 Å². The number of benzene rings is 11. The molecule has 13 aromatic rings. The number of aromatic amines is 1. The molecule has 768 valence electrons. The van der Waals surface area contributed by atoms with Crippen LogP contribution in [-0.4, -0.2) is 126 Å². The van der Waals surface area contributed by atoms with Crippen LogP contribution in [0.1, 0.15) is 108 Å². The molecule has 0 spiro atoms. The van der Waals surface area contributed by atoms with Gasteiger partial charge in [0.05, 0.1) is 34.9 Å². The molecule has 0 aliphatic rings. The minimum Gasteiger partial charge on any atom is -0.467 e. The van der Waals surface area contributed by atoms with Crippen molar-refractivity contribution in [1.29, 1.82) is 0 Å². The minimum atomic E-state index is -5.40. The van der Waals surface area contributed by atoms with Gasteiger partial charge in [-0.05, 0) is 182 Å². The number of aromatic nitrogens is 5. The first-order chi connectivity index (χ1) is 68.2. The van der Waals surface area contributed by atoms with Gasteiger partial charge in [-0.2, -0.15) is 61.5 Å². The number of fused-ring (bicyclic) bond motifs is 1. The van der Waals surface area contributed by atoms with E-state index in [-0.39, 0.29) is 77.9 Å². The Morgan fingerprint density at radius 3 is 1.39 bits per heavy atom. The number of methoxy groups -OCH3 is 1. The molecule has 0 unspecified atom stereocenters. The first-order valence-corrected chi connectivity index (χ1v) is 43.1. The fourth-order valence-corrected chi connectivity index (χ4v) is 15.5. The predicted octanol–water partition coefficient (Wildman–Crippen LogP) is 23.3. The third-order valence-electron chi connectivity index (χ3n) is 22.4. The van der Waals surface area contributed by atoms with Crippen LogP contribution in [0, 0.1) is 29.1 Å². The number of carbonyl (C=O) groups is 4. The van der Waals surface area contributed by atoms with E-state index >= 15 is 4.39 Å². The average molecular weight is 2060 g/mol. The van der Waals surface area contributed by atoms with E-state index in [1.807, 2.05) is 18.2 Å². The summed E-state index contributed by atoms with van der Waals surface area (Å²) in [6.07, 6.45) is -36.2. The number of tetrazole rings is 1. The third kappa shape index (κ3) is 29.2. The fourth-order valence-electron chi connectivity index (χ4n) is 15.5. The lowest BCUT2D eigenvalue weighted by atomic mass is 9.76. The molecule has 0 saturated carbocycles. The van der Waals surface area contributed by atoms with Crippen LogP contribution < -0.4 is 45.5 Å². The summed E-state index contributed by atoms with van der Waals surface area (Å²) in [5.41, 5.74) is -8.54. The van der Waals surface area contributed by atoms with E-state index in [0.717, 1.165) is 85.2 Å². The molecule has 0 saturated heterocycles. The maximum atomic E-state index is 15.2. The van der Waals surface area contributed by atoms with E-state index < -0.39 is 183 Å². The number of carbonyl (C=O) groups excluding carboxylic acids is 4. The van der Waals surface area contributed by atoms with Crippen molar-refractivity contribution >= 4 is 40.5 Å². The molecular formula is C100H84F25N11O9. The summed E-state index contributed by atoms with van der Waals surface area (Å²) in [4.78, 5) is 58.8. The summed E-state index contributed by atoms with van der Waals surface area (Å²) in [6.45, 7) is 4.13. The van der Waals surface area contributed by atoms with Crippen molar-refractivity contribution in [2.75, 3.05) is 27.7 Å². The molecule has 5 amide bonds. The number of aryl methyl sites for hydroxylation is 2. The number of nitrogens with one attached hydrogen (secondary N) is 6. The Bertz CT molecular complexity index is 6570. The minimum absolute atomic E-state index is 0.0143. The highest BCUT2D eigenvalue weighted by molar-refractivity contribution is 5.95. The molecule has 11 aromatic carbocycles. The van der Waals surface area contributed by atoms with E-state index in [4.69, 9.17) is 4.74 Å². The largest absolute Gasteiger partial charge is 0.573 e. The van der Waals surface area contributed by atoms with Crippen LogP contribution in [0.15, 0.2) is 268 Å². The van der Waals surface area contributed by atoms with Gasteiger partial charge in [-0.25, -0.2) is 41.0 Å². The number of unbranched alkanes of at least 4 members (excludes halogenated alkanes) is 2. The highest BCUT2D eigenvalue weighted by Gasteiger charge is 2.49.